The van der Waals surface area contributed by atoms with Crippen molar-refractivity contribution in [2.45, 2.75) is 23.6 Å². The number of rotatable bonds is 6. The second kappa shape index (κ2) is 8.63. The van der Waals surface area contributed by atoms with Crippen molar-refractivity contribution in [2.75, 3.05) is 11.3 Å². The maximum atomic E-state index is 13.0. The molecule has 3 aromatic carbocycles. The van der Waals surface area contributed by atoms with Crippen molar-refractivity contribution < 1.29 is 16.8 Å². The molecule has 1 N–H and O–H groups in total. The molecule has 0 fully saturated rings. The van der Waals surface area contributed by atoms with Crippen LogP contribution in [0.1, 0.15) is 16.7 Å². The van der Waals surface area contributed by atoms with Gasteiger partial charge in [0.1, 0.15) is 0 Å². The molecule has 0 aliphatic carbocycles. The molecule has 1 aliphatic heterocycles. The van der Waals surface area contributed by atoms with Gasteiger partial charge < -0.3 is 0 Å². The van der Waals surface area contributed by atoms with E-state index in [9.17, 15) is 16.8 Å². The fourth-order valence-electron chi connectivity index (χ4n) is 3.56. The van der Waals surface area contributed by atoms with E-state index >= 15 is 0 Å². The first kappa shape index (κ1) is 21.8. The van der Waals surface area contributed by atoms with Crippen LogP contribution in [-0.4, -0.2) is 27.7 Å². The SMILES string of the molecule is O=S(=O)(Cc1ccccc1)Nc1ccc2c(c1)CN(S(=O)(=O)c1ccc(Cl)cc1)CC2. The molecular formula is C22H21ClN2O4S2. The van der Waals surface area contributed by atoms with Crippen LogP contribution in [0.25, 0.3) is 0 Å². The summed E-state index contributed by atoms with van der Waals surface area (Å²) in [4.78, 5) is 0.181. The zero-order valence-electron chi connectivity index (χ0n) is 16.5. The summed E-state index contributed by atoms with van der Waals surface area (Å²) in [5.74, 6) is -0.137. The van der Waals surface area contributed by atoms with E-state index in [0.717, 1.165) is 11.1 Å². The largest absolute Gasteiger partial charge is 0.283 e. The summed E-state index contributed by atoms with van der Waals surface area (Å²) in [7, 11) is -7.27. The van der Waals surface area contributed by atoms with Crippen molar-refractivity contribution in [1.29, 1.82) is 0 Å². The zero-order chi connectivity index (χ0) is 22.1. The Balaban J connectivity index is 1.53. The Morgan fingerprint density at radius 3 is 2.29 bits per heavy atom. The Labute approximate surface area is 187 Å². The molecule has 1 aliphatic rings. The monoisotopic (exact) mass is 476 g/mol. The molecule has 0 amide bonds. The molecule has 0 atom stereocenters. The number of anilines is 1. The summed E-state index contributed by atoms with van der Waals surface area (Å²) in [5.41, 5.74) is 2.89. The number of halogens is 1. The number of nitrogens with one attached hydrogen (secondary N) is 1. The summed E-state index contributed by atoms with van der Waals surface area (Å²) in [6, 6.07) is 20.3. The number of hydrogen-bond donors (Lipinski definition) is 1. The normalized spacial score (nSPS) is 14.7. The maximum Gasteiger partial charge on any atom is 0.243 e. The molecule has 0 saturated carbocycles. The summed E-state index contributed by atoms with van der Waals surface area (Å²) in [6.07, 6.45) is 0.555. The minimum Gasteiger partial charge on any atom is -0.283 e. The molecule has 0 saturated heterocycles. The van der Waals surface area contributed by atoms with Gasteiger partial charge in [0.25, 0.3) is 0 Å². The van der Waals surface area contributed by atoms with Crippen LogP contribution in [0.5, 0.6) is 0 Å². The topological polar surface area (TPSA) is 83.6 Å². The third kappa shape index (κ3) is 5.10. The molecule has 162 valence electrons. The van der Waals surface area contributed by atoms with Gasteiger partial charge in [-0.2, -0.15) is 4.31 Å². The number of hydrogen-bond acceptors (Lipinski definition) is 4. The lowest BCUT2D eigenvalue weighted by molar-refractivity contribution is 0.391. The van der Waals surface area contributed by atoms with Crippen LogP contribution in [0.15, 0.2) is 77.7 Å². The van der Waals surface area contributed by atoms with E-state index < -0.39 is 20.0 Å². The van der Waals surface area contributed by atoms with E-state index in [1.807, 2.05) is 12.1 Å². The van der Waals surface area contributed by atoms with Crippen molar-refractivity contribution in [3.63, 3.8) is 0 Å². The highest BCUT2D eigenvalue weighted by atomic mass is 35.5. The van der Waals surface area contributed by atoms with Crippen LogP contribution < -0.4 is 4.72 Å². The van der Waals surface area contributed by atoms with Crippen molar-refractivity contribution in [1.82, 2.24) is 4.31 Å². The highest BCUT2D eigenvalue weighted by Gasteiger charge is 2.28. The third-order valence-electron chi connectivity index (χ3n) is 5.11. The van der Waals surface area contributed by atoms with E-state index in [1.165, 1.54) is 16.4 Å². The molecule has 1 heterocycles. The number of fused-ring (bicyclic) bond motifs is 1. The Hall–Kier alpha value is -2.39. The molecule has 0 aromatic heterocycles. The van der Waals surface area contributed by atoms with Crippen molar-refractivity contribution >= 4 is 37.3 Å². The van der Waals surface area contributed by atoms with Gasteiger partial charge in [0, 0.05) is 23.8 Å². The van der Waals surface area contributed by atoms with Crippen LogP contribution >= 0.6 is 11.6 Å². The second-order valence-electron chi connectivity index (χ2n) is 7.37. The van der Waals surface area contributed by atoms with Crippen molar-refractivity contribution in [3.8, 4) is 0 Å². The van der Waals surface area contributed by atoms with Gasteiger partial charge in [-0.25, -0.2) is 16.8 Å². The minimum absolute atomic E-state index is 0.137. The van der Waals surface area contributed by atoms with Gasteiger partial charge in [-0.3, -0.25) is 4.72 Å². The van der Waals surface area contributed by atoms with E-state index in [-0.39, 0.29) is 17.2 Å². The third-order valence-corrected chi connectivity index (χ3v) is 8.48. The number of nitrogens with zero attached hydrogens (tertiary/aromatic N) is 1. The molecular weight excluding hydrogens is 456 g/mol. The lowest BCUT2D eigenvalue weighted by Crippen LogP contribution is -2.36. The van der Waals surface area contributed by atoms with Crippen molar-refractivity contribution in [3.05, 3.63) is 94.5 Å². The van der Waals surface area contributed by atoms with Crippen LogP contribution in [0, 0.1) is 0 Å². The van der Waals surface area contributed by atoms with Crippen LogP contribution in [0.2, 0.25) is 5.02 Å². The highest BCUT2D eigenvalue weighted by molar-refractivity contribution is 7.91. The van der Waals surface area contributed by atoms with Gasteiger partial charge in [0.05, 0.1) is 10.6 Å². The van der Waals surface area contributed by atoms with Gasteiger partial charge >= 0.3 is 0 Å². The van der Waals surface area contributed by atoms with Gasteiger partial charge in [0.2, 0.25) is 20.0 Å². The molecule has 0 bridgehead atoms. The average molecular weight is 477 g/mol. The molecule has 0 spiro atoms. The Kier molecular flexibility index (Phi) is 6.07. The lowest BCUT2D eigenvalue weighted by atomic mass is 10.0. The van der Waals surface area contributed by atoms with E-state index in [2.05, 4.69) is 4.72 Å². The summed E-state index contributed by atoms with van der Waals surface area (Å²) in [6.45, 7) is 0.533. The minimum atomic E-state index is -3.67. The summed E-state index contributed by atoms with van der Waals surface area (Å²) < 4.78 is 55.1. The van der Waals surface area contributed by atoms with Crippen molar-refractivity contribution in [2.24, 2.45) is 0 Å². The molecule has 0 unspecified atom stereocenters. The molecule has 6 nitrogen and oxygen atoms in total. The van der Waals surface area contributed by atoms with E-state index in [1.54, 1.807) is 48.5 Å². The van der Waals surface area contributed by atoms with Crippen LogP contribution in [-0.2, 0) is 38.8 Å². The standard InChI is InChI=1S/C22H21ClN2O4S2/c23-20-7-10-22(11-8-20)31(28,29)25-13-12-18-6-9-21(14-19(18)15-25)24-30(26,27)16-17-4-2-1-3-5-17/h1-11,14,24H,12-13,15-16H2. The first-order chi connectivity index (χ1) is 14.7. The molecule has 4 rings (SSSR count). The predicted molar refractivity (Wildman–Crippen MR) is 122 cm³/mol. The molecule has 9 heteroatoms. The molecule has 31 heavy (non-hydrogen) atoms. The Morgan fingerprint density at radius 1 is 0.871 bits per heavy atom. The predicted octanol–water partition coefficient (Wildman–Crippen LogP) is 4.03. The summed E-state index contributed by atoms with van der Waals surface area (Å²) >= 11 is 5.87. The van der Waals surface area contributed by atoms with Crippen LogP contribution in [0.4, 0.5) is 5.69 Å². The fourth-order valence-corrected chi connectivity index (χ4v) is 6.30. The second-order valence-corrected chi connectivity index (χ2v) is 11.5. The van der Waals surface area contributed by atoms with Gasteiger partial charge in [0.15, 0.2) is 0 Å². The van der Waals surface area contributed by atoms with E-state index in [0.29, 0.717) is 29.2 Å². The quantitative estimate of drug-likeness (QED) is 0.582. The average Bonchev–Trinajstić information content (AvgIpc) is 2.73. The van der Waals surface area contributed by atoms with Gasteiger partial charge in [-0.1, -0.05) is 48.0 Å². The lowest BCUT2D eigenvalue weighted by Gasteiger charge is -2.28. The summed E-state index contributed by atoms with van der Waals surface area (Å²) in [5, 5.41) is 0.468. The van der Waals surface area contributed by atoms with E-state index in [4.69, 9.17) is 11.6 Å². The first-order valence-electron chi connectivity index (χ1n) is 9.65. The Bertz CT molecular complexity index is 1290. The Morgan fingerprint density at radius 2 is 1.58 bits per heavy atom. The van der Waals surface area contributed by atoms with Gasteiger partial charge in [-0.15, -0.1) is 0 Å². The highest BCUT2D eigenvalue weighted by Crippen LogP contribution is 2.28. The number of benzene rings is 3. The van der Waals surface area contributed by atoms with Crippen LogP contribution in [0.3, 0.4) is 0 Å². The fraction of sp³-hybridized carbons (Fsp3) is 0.182. The van der Waals surface area contributed by atoms with Gasteiger partial charge in [-0.05, 0) is 59.5 Å². The zero-order valence-corrected chi connectivity index (χ0v) is 18.9. The molecule has 3 aromatic rings. The smallest absolute Gasteiger partial charge is 0.243 e. The maximum absolute atomic E-state index is 13.0. The first-order valence-corrected chi connectivity index (χ1v) is 13.1. The molecule has 0 radical (unpaired) electrons. The number of sulfonamides is 2.